The maximum absolute atomic E-state index is 12.6. The van der Waals surface area contributed by atoms with Gasteiger partial charge in [-0.3, -0.25) is 9.59 Å². The first kappa shape index (κ1) is 13.6. The molecule has 0 saturated heterocycles. The first-order valence-electron chi connectivity index (χ1n) is 6.12. The molecule has 1 aliphatic rings. The van der Waals surface area contributed by atoms with Gasteiger partial charge in [-0.25, -0.2) is 12.7 Å². The summed E-state index contributed by atoms with van der Waals surface area (Å²) >= 11 is 0. The van der Waals surface area contributed by atoms with Gasteiger partial charge in [-0.15, -0.1) is 0 Å². The lowest BCUT2D eigenvalue weighted by Gasteiger charge is -2.13. The topological polar surface area (TPSA) is 80.8 Å². The summed E-state index contributed by atoms with van der Waals surface area (Å²) in [4.78, 5) is 23.5. The largest absolute Gasteiger partial charge is 0.468 e. The van der Waals surface area contributed by atoms with E-state index in [1.807, 2.05) is 0 Å². The number of carbonyl (C=O) groups is 2. The molecule has 0 bridgehead atoms. The number of rotatable bonds is 2. The number of methoxy groups -OCH3 is 1. The number of nitrogens with zero attached hydrogens (tertiary/aromatic N) is 1. The minimum absolute atomic E-state index is 0.0468. The molecule has 6 nitrogen and oxygen atoms in total. The summed E-state index contributed by atoms with van der Waals surface area (Å²) in [5.41, 5.74) is 0.0811. The Morgan fingerprint density at radius 3 is 2.62 bits per heavy atom. The van der Waals surface area contributed by atoms with Gasteiger partial charge in [-0.1, -0.05) is 30.3 Å². The van der Waals surface area contributed by atoms with Gasteiger partial charge in [0, 0.05) is 5.39 Å². The van der Waals surface area contributed by atoms with E-state index in [0.717, 1.165) is 7.11 Å². The predicted octanol–water partition coefficient (Wildman–Crippen LogP) is 1.16. The van der Waals surface area contributed by atoms with Crippen molar-refractivity contribution in [3.05, 3.63) is 42.0 Å². The molecule has 7 heteroatoms. The van der Waals surface area contributed by atoms with Gasteiger partial charge in [0.25, 0.3) is 15.9 Å². The smallest absolute Gasteiger partial charge is 0.326 e. The van der Waals surface area contributed by atoms with Crippen molar-refractivity contribution in [2.45, 2.75) is 4.90 Å². The highest BCUT2D eigenvalue weighted by atomic mass is 32.2. The number of sulfonamides is 1. The van der Waals surface area contributed by atoms with Crippen LogP contribution in [0.15, 0.2) is 41.3 Å². The highest BCUT2D eigenvalue weighted by Gasteiger charge is 2.43. The minimum Gasteiger partial charge on any atom is -0.468 e. The molecule has 1 aliphatic heterocycles. The van der Waals surface area contributed by atoms with Gasteiger partial charge in [0.15, 0.2) is 0 Å². The molecule has 0 aliphatic carbocycles. The molecule has 0 radical (unpaired) electrons. The molecule has 0 spiro atoms. The third kappa shape index (κ3) is 1.89. The number of benzene rings is 2. The molecule has 0 N–H and O–H groups in total. The molecular weight excluding hydrogens is 294 g/mol. The zero-order chi connectivity index (χ0) is 15.2. The second kappa shape index (κ2) is 4.56. The van der Waals surface area contributed by atoms with Gasteiger partial charge in [0.1, 0.15) is 11.4 Å². The van der Waals surface area contributed by atoms with E-state index in [2.05, 4.69) is 4.74 Å². The van der Waals surface area contributed by atoms with E-state index in [0.29, 0.717) is 15.1 Å². The fourth-order valence-electron chi connectivity index (χ4n) is 2.38. The summed E-state index contributed by atoms with van der Waals surface area (Å²) in [6.45, 7) is -0.624. The molecule has 0 atom stereocenters. The first-order valence-corrected chi connectivity index (χ1v) is 7.56. The third-order valence-corrected chi connectivity index (χ3v) is 5.22. The van der Waals surface area contributed by atoms with Crippen LogP contribution in [0, 0.1) is 0 Å². The Morgan fingerprint density at radius 1 is 1.19 bits per heavy atom. The lowest BCUT2D eigenvalue weighted by molar-refractivity contribution is -0.140. The third-order valence-electron chi connectivity index (χ3n) is 3.38. The summed E-state index contributed by atoms with van der Waals surface area (Å²) in [6, 6.07) is 10.0. The van der Waals surface area contributed by atoms with Crippen molar-refractivity contribution in [2.75, 3.05) is 13.7 Å². The molecule has 3 rings (SSSR count). The van der Waals surface area contributed by atoms with E-state index in [1.165, 1.54) is 6.07 Å². The van der Waals surface area contributed by atoms with Crippen LogP contribution in [-0.4, -0.2) is 38.3 Å². The molecule has 21 heavy (non-hydrogen) atoms. The van der Waals surface area contributed by atoms with Crippen LogP contribution < -0.4 is 0 Å². The van der Waals surface area contributed by atoms with Crippen LogP contribution in [0.1, 0.15) is 10.4 Å². The SMILES string of the molecule is COC(=O)CN1C(=O)c2ccc3ccccc3c2S1(=O)=O. The number of hydrogen-bond donors (Lipinski definition) is 0. The Kier molecular flexibility index (Phi) is 2.94. The van der Waals surface area contributed by atoms with Gasteiger partial charge in [-0.05, 0) is 11.5 Å². The molecular formula is C14H11NO5S. The fourth-order valence-corrected chi connectivity index (χ4v) is 4.09. The van der Waals surface area contributed by atoms with Crippen molar-refractivity contribution in [2.24, 2.45) is 0 Å². The van der Waals surface area contributed by atoms with E-state index in [9.17, 15) is 18.0 Å². The van der Waals surface area contributed by atoms with Crippen molar-refractivity contribution in [3.8, 4) is 0 Å². The second-order valence-electron chi connectivity index (χ2n) is 4.56. The van der Waals surface area contributed by atoms with Crippen molar-refractivity contribution in [3.63, 3.8) is 0 Å². The van der Waals surface area contributed by atoms with Crippen LogP contribution in [0.4, 0.5) is 0 Å². The molecule has 2 aromatic carbocycles. The fraction of sp³-hybridized carbons (Fsp3) is 0.143. The van der Waals surface area contributed by atoms with Crippen molar-refractivity contribution in [1.82, 2.24) is 4.31 Å². The molecule has 0 saturated carbocycles. The summed E-state index contributed by atoms with van der Waals surface area (Å²) in [7, 11) is -2.91. The quantitative estimate of drug-likeness (QED) is 0.778. The molecule has 0 fully saturated rings. The molecule has 1 heterocycles. The lowest BCUT2D eigenvalue weighted by Crippen LogP contribution is -2.35. The van der Waals surface area contributed by atoms with E-state index in [1.54, 1.807) is 30.3 Å². The van der Waals surface area contributed by atoms with Gasteiger partial charge in [-0.2, -0.15) is 0 Å². The van der Waals surface area contributed by atoms with E-state index >= 15 is 0 Å². The average Bonchev–Trinajstić information content (AvgIpc) is 2.68. The van der Waals surface area contributed by atoms with Crippen molar-refractivity contribution >= 4 is 32.7 Å². The zero-order valence-electron chi connectivity index (χ0n) is 11.1. The number of carbonyl (C=O) groups excluding carboxylic acids is 2. The Morgan fingerprint density at radius 2 is 1.90 bits per heavy atom. The maximum atomic E-state index is 12.6. The van der Waals surface area contributed by atoms with Gasteiger partial charge in [0.05, 0.1) is 12.7 Å². The number of amides is 1. The van der Waals surface area contributed by atoms with Gasteiger partial charge in [0.2, 0.25) is 0 Å². The van der Waals surface area contributed by atoms with Crippen LogP contribution in [0.3, 0.4) is 0 Å². The van der Waals surface area contributed by atoms with Crippen LogP contribution >= 0.6 is 0 Å². The minimum atomic E-state index is -4.04. The molecule has 0 aromatic heterocycles. The molecule has 2 aromatic rings. The van der Waals surface area contributed by atoms with Crippen molar-refractivity contribution in [1.29, 1.82) is 0 Å². The number of esters is 1. The van der Waals surface area contributed by atoms with Crippen LogP contribution in [0.25, 0.3) is 10.8 Å². The van der Waals surface area contributed by atoms with Crippen molar-refractivity contribution < 1.29 is 22.7 Å². The molecule has 108 valence electrons. The normalized spacial score (nSPS) is 16.0. The van der Waals surface area contributed by atoms with Gasteiger partial charge < -0.3 is 4.74 Å². The number of ether oxygens (including phenoxy) is 1. The van der Waals surface area contributed by atoms with E-state index in [4.69, 9.17) is 0 Å². The molecule has 0 unspecified atom stereocenters. The summed E-state index contributed by atoms with van der Waals surface area (Å²) < 4.78 is 30.1. The standard InChI is InChI=1S/C14H11NO5S/c1-20-12(16)8-15-14(17)11-7-6-9-4-2-3-5-10(9)13(11)21(15,18)19/h2-7H,8H2,1H3. The monoisotopic (exact) mass is 305 g/mol. The zero-order valence-corrected chi connectivity index (χ0v) is 11.9. The Balaban J connectivity index is 2.25. The Bertz CT molecular complexity index is 872. The second-order valence-corrected chi connectivity index (χ2v) is 6.36. The van der Waals surface area contributed by atoms with Crippen LogP contribution in [0.5, 0.6) is 0 Å². The summed E-state index contributed by atoms with van der Waals surface area (Å²) in [5.74, 6) is -1.50. The van der Waals surface area contributed by atoms with Gasteiger partial charge >= 0.3 is 5.97 Å². The highest BCUT2D eigenvalue weighted by Crippen LogP contribution is 2.35. The Hall–Kier alpha value is -2.41. The number of hydrogen-bond acceptors (Lipinski definition) is 5. The predicted molar refractivity (Wildman–Crippen MR) is 74.2 cm³/mol. The number of fused-ring (bicyclic) bond motifs is 3. The lowest BCUT2D eigenvalue weighted by atomic mass is 10.1. The molecule has 1 amide bonds. The highest BCUT2D eigenvalue weighted by molar-refractivity contribution is 7.90. The maximum Gasteiger partial charge on any atom is 0.326 e. The van der Waals surface area contributed by atoms with E-state index < -0.39 is 28.4 Å². The van der Waals surface area contributed by atoms with Crippen LogP contribution in [0.2, 0.25) is 0 Å². The average molecular weight is 305 g/mol. The van der Waals surface area contributed by atoms with E-state index in [-0.39, 0.29) is 10.5 Å². The van der Waals surface area contributed by atoms with Crippen LogP contribution in [-0.2, 0) is 19.6 Å². The first-order chi connectivity index (χ1) is 9.96. The summed E-state index contributed by atoms with van der Waals surface area (Å²) in [5, 5.41) is 1.18. The Labute approximate surface area is 121 Å². The summed E-state index contributed by atoms with van der Waals surface area (Å²) in [6.07, 6.45) is 0.